The van der Waals surface area contributed by atoms with Crippen LogP contribution in [0, 0.1) is 0 Å². The molecule has 0 aliphatic heterocycles. The van der Waals surface area contributed by atoms with Gasteiger partial charge in [0.15, 0.2) is 0 Å². The zero-order valence-electron chi connectivity index (χ0n) is 10.7. The van der Waals surface area contributed by atoms with Crippen molar-refractivity contribution in [1.82, 2.24) is 14.8 Å². The number of hydrogen-bond acceptors (Lipinski definition) is 3. The molecule has 2 aromatic heterocycles. The second kappa shape index (κ2) is 5.75. The van der Waals surface area contributed by atoms with Crippen LogP contribution in [-0.4, -0.2) is 14.8 Å². The van der Waals surface area contributed by atoms with Crippen LogP contribution >= 0.6 is 11.6 Å². The summed E-state index contributed by atoms with van der Waals surface area (Å²) in [7, 11) is 0. The van der Waals surface area contributed by atoms with Gasteiger partial charge < -0.3 is 5.32 Å². The van der Waals surface area contributed by atoms with Crippen molar-refractivity contribution in [1.29, 1.82) is 0 Å². The van der Waals surface area contributed by atoms with Crippen molar-refractivity contribution < 1.29 is 0 Å². The SMILES string of the molecule is Clc1cccc(NCc2ccccc2-n2cccn2)n1. The quantitative estimate of drug-likeness (QED) is 0.745. The van der Waals surface area contributed by atoms with Crippen LogP contribution in [0.5, 0.6) is 0 Å². The fourth-order valence-corrected chi connectivity index (χ4v) is 2.15. The van der Waals surface area contributed by atoms with E-state index in [-0.39, 0.29) is 0 Å². The number of aromatic nitrogens is 3. The molecule has 0 saturated carbocycles. The number of nitrogens with one attached hydrogen (secondary N) is 1. The molecule has 20 heavy (non-hydrogen) atoms. The Bertz CT molecular complexity index is 695. The minimum atomic E-state index is 0.482. The van der Waals surface area contributed by atoms with Crippen LogP contribution < -0.4 is 5.32 Å². The fourth-order valence-electron chi connectivity index (χ4n) is 1.99. The second-order valence-corrected chi connectivity index (χ2v) is 4.67. The highest BCUT2D eigenvalue weighted by Gasteiger charge is 2.04. The van der Waals surface area contributed by atoms with Crippen molar-refractivity contribution in [3.8, 4) is 5.69 Å². The Morgan fingerprint density at radius 3 is 2.75 bits per heavy atom. The lowest BCUT2D eigenvalue weighted by Gasteiger charge is -2.11. The second-order valence-electron chi connectivity index (χ2n) is 4.28. The van der Waals surface area contributed by atoms with Crippen LogP contribution in [0.3, 0.4) is 0 Å². The third-order valence-electron chi connectivity index (χ3n) is 2.92. The molecule has 0 aliphatic rings. The summed E-state index contributed by atoms with van der Waals surface area (Å²) in [6, 6.07) is 15.5. The summed E-state index contributed by atoms with van der Waals surface area (Å²) in [4.78, 5) is 4.21. The lowest BCUT2D eigenvalue weighted by Crippen LogP contribution is -2.06. The number of para-hydroxylation sites is 1. The fraction of sp³-hybridized carbons (Fsp3) is 0.0667. The van der Waals surface area contributed by atoms with Crippen molar-refractivity contribution in [2.75, 3.05) is 5.32 Å². The van der Waals surface area contributed by atoms with Crippen molar-refractivity contribution >= 4 is 17.4 Å². The van der Waals surface area contributed by atoms with Crippen molar-refractivity contribution in [3.63, 3.8) is 0 Å². The topological polar surface area (TPSA) is 42.7 Å². The number of anilines is 1. The van der Waals surface area contributed by atoms with E-state index in [1.54, 1.807) is 12.3 Å². The number of hydrogen-bond donors (Lipinski definition) is 1. The molecule has 0 amide bonds. The summed E-state index contributed by atoms with van der Waals surface area (Å²) in [5.74, 6) is 0.757. The van der Waals surface area contributed by atoms with Gasteiger partial charge in [-0.25, -0.2) is 9.67 Å². The Balaban J connectivity index is 1.81. The summed E-state index contributed by atoms with van der Waals surface area (Å²) in [5.41, 5.74) is 2.19. The third-order valence-corrected chi connectivity index (χ3v) is 3.13. The van der Waals surface area contributed by atoms with Crippen LogP contribution in [0.1, 0.15) is 5.56 Å². The van der Waals surface area contributed by atoms with Gasteiger partial charge in [-0.15, -0.1) is 0 Å². The molecule has 0 fully saturated rings. The molecule has 3 rings (SSSR count). The van der Waals surface area contributed by atoms with Gasteiger partial charge in [0.05, 0.1) is 5.69 Å². The van der Waals surface area contributed by atoms with Gasteiger partial charge in [0.25, 0.3) is 0 Å². The summed E-state index contributed by atoms with van der Waals surface area (Å²) >= 11 is 5.87. The van der Waals surface area contributed by atoms with E-state index >= 15 is 0 Å². The van der Waals surface area contributed by atoms with Crippen LogP contribution in [0.4, 0.5) is 5.82 Å². The van der Waals surface area contributed by atoms with E-state index in [0.717, 1.165) is 17.1 Å². The molecule has 5 heteroatoms. The molecule has 0 saturated heterocycles. The Morgan fingerprint density at radius 1 is 1.05 bits per heavy atom. The van der Waals surface area contributed by atoms with Gasteiger partial charge in [0.2, 0.25) is 0 Å². The normalized spacial score (nSPS) is 10.4. The average Bonchev–Trinajstić information content (AvgIpc) is 3.00. The molecular weight excluding hydrogens is 272 g/mol. The lowest BCUT2D eigenvalue weighted by molar-refractivity contribution is 0.863. The van der Waals surface area contributed by atoms with E-state index in [9.17, 15) is 0 Å². The molecule has 0 bridgehead atoms. The average molecular weight is 285 g/mol. The summed E-state index contributed by atoms with van der Waals surface area (Å²) in [6.07, 6.45) is 3.69. The van der Waals surface area contributed by atoms with E-state index in [4.69, 9.17) is 11.6 Å². The molecule has 0 aliphatic carbocycles. The zero-order valence-corrected chi connectivity index (χ0v) is 11.5. The zero-order chi connectivity index (χ0) is 13.8. The largest absolute Gasteiger partial charge is 0.366 e. The highest BCUT2D eigenvalue weighted by Crippen LogP contribution is 2.16. The first kappa shape index (κ1) is 12.7. The van der Waals surface area contributed by atoms with E-state index in [0.29, 0.717) is 11.7 Å². The van der Waals surface area contributed by atoms with Gasteiger partial charge >= 0.3 is 0 Å². The summed E-state index contributed by atoms with van der Waals surface area (Å²) in [6.45, 7) is 0.656. The maximum Gasteiger partial charge on any atom is 0.131 e. The molecule has 0 spiro atoms. The van der Waals surface area contributed by atoms with Crippen LogP contribution in [0.2, 0.25) is 5.15 Å². The standard InChI is InChI=1S/C15H13ClN4/c16-14-7-3-8-15(19-14)17-11-12-5-1-2-6-13(12)20-10-4-9-18-20/h1-10H,11H2,(H,17,19). The number of halogens is 1. The van der Waals surface area contributed by atoms with E-state index < -0.39 is 0 Å². The molecular formula is C15H13ClN4. The van der Waals surface area contributed by atoms with Gasteiger partial charge in [-0.2, -0.15) is 5.10 Å². The van der Waals surface area contributed by atoms with E-state index in [1.165, 1.54) is 0 Å². The number of pyridine rings is 1. The van der Waals surface area contributed by atoms with Crippen molar-refractivity contribution in [2.24, 2.45) is 0 Å². The first-order valence-electron chi connectivity index (χ1n) is 6.27. The molecule has 0 atom stereocenters. The smallest absolute Gasteiger partial charge is 0.131 e. The molecule has 4 nitrogen and oxygen atoms in total. The van der Waals surface area contributed by atoms with Crippen LogP contribution in [0.15, 0.2) is 60.9 Å². The van der Waals surface area contributed by atoms with E-state index in [2.05, 4.69) is 21.5 Å². The van der Waals surface area contributed by atoms with Gasteiger partial charge in [-0.3, -0.25) is 0 Å². The van der Waals surface area contributed by atoms with Crippen LogP contribution in [-0.2, 0) is 6.54 Å². The first-order chi connectivity index (χ1) is 9.83. The monoisotopic (exact) mass is 284 g/mol. The molecule has 100 valence electrons. The van der Waals surface area contributed by atoms with Crippen LogP contribution in [0.25, 0.3) is 5.69 Å². The van der Waals surface area contributed by atoms with Crippen molar-refractivity contribution in [2.45, 2.75) is 6.54 Å². The molecule has 1 N–H and O–H groups in total. The van der Waals surface area contributed by atoms with Gasteiger partial charge in [-0.1, -0.05) is 35.9 Å². The summed E-state index contributed by atoms with van der Waals surface area (Å²) < 4.78 is 1.85. The summed E-state index contributed by atoms with van der Waals surface area (Å²) in [5, 5.41) is 8.02. The lowest BCUT2D eigenvalue weighted by atomic mass is 10.2. The molecule has 3 aromatic rings. The minimum absolute atomic E-state index is 0.482. The molecule has 2 heterocycles. The Morgan fingerprint density at radius 2 is 1.95 bits per heavy atom. The Labute approximate surface area is 122 Å². The van der Waals surface area contributed by atoms with Crippen molar-refractivity contribution in [3.05, 3.63) is 71.6 Å². The first-order valence-corrected chi connectivity index (χ1v) is 6.65. The van der Waals surface area contributed by atoms with Gasteiger partial charge in [-0.05, 0) is 29.8 Å². The molecule has 0 radical (unpaired) electrons. The van der Waals surface area contributed by atoms with E-state index in [1.807, 2.05) is 47.3 Å². The minimum Gasteiger partial charge on any atom is -0.366 e. The Hall–Kier alpha value is -2.33. The predicted molar refractivity (Wildman–Crippen MR) is 80.1 cm³/mol. The maximum atomic E-state index is 5.87. The predicted octanol–water partition coefficient (Wildman–Crippen LogP) is 3.53. The number of nitrogens with zero attached hydrogens (tertiary/aromatic N) is 3. The van der Waals surface area contributed by atoms with Gasteiger partial charge in [0, 0.05) is 18.9 Å². The van der Waals surface area contributed by atoms with Gasteiger partial charge in [0.1, 0.15) is 11.0 Å². The maximum absolute atomic E-state index is 5.87. The highest BCUT2D eigenvalue weighted by molar-refractivity contribution is 6.29. The Kier molecular flexibility index (Phi) is 3.65. The molecule has 1 aromatic carbocycles. The highest BCUT2D eigenvalue weighted by atomic mass is 35.5. The number of rotatable bonds is 4. The molecule has 0 unspecified atom stereocenters. The third kappa shape index (κ3) is 2.81. The number of benzene rings is 1.